The number of amides is 1. The molecule has 1 aromatic rings. The minimum Gasteiger partial charge on any atom is -0.496 e. The molecule has 0 saturated heterocycles. The molecule has 0 aliphatic heterocycles. The second-order valence-electron chi connectivity index (χ2n) is 5.54. The number of ether oxygens (including phenoxy) is 1. The van der Waals surface area contributed by atoms with Gasteiger partial charge in [-0.1, -0.05) is 12.1 Å². The first-order chi connectivity index (χ1) is 11.5. The Labute approximate surface area is 172 Å². The van der Waals surface area contributed by atoms with Crippen molar-refractivity contribution in [2.45, 2.75) is 13.5 Å². The largest absolute Gasteiger partial charge is 0.496 e. The summed E-state index contributed by atoms with van der Waals surface area (Å²) in [6, 6.07) is 6.05. The van der Waals surface area contributed by atoms with Gasteiger partial charge in [0.25, 0.3) is 0 Å². The number of benzene rings is 1. The summed E-state index contributed by atoms with van der Waals surface area (Å²) in [5.74, 6) is 2.42. The number of likely N-dealkylation sites (N-methyl/N-ethyl adjacent to an activating group) is 1. The molecule has 0 radical (unpaired) electrons. The lowest BCUT2D eigenvalue weighted by Crippen LogP contribution is -2.43. The van der Waals surface area contributed by atoms with Gasteiger partial charge in [-0.25, -0.2) is 4.99 Å². The van der Waals surface area contributed by atoms with Crippen molar-refractivity contribution in [1.82, 2.24) is 15.5 Å². The van der Waals surface area contributed by atoms with Gasteiger partial charge < -0.3 is 20.3 Å². The van der Waals surface area contributed by atoms with Crippen LogP contribution in [0.5, 0.6) is 5.75 Å². The fourth-order valence-electron chi connectivity index (χ4n) is 1.91. The van der Waals surface area contributed by atoms with Gasteiger partial charge in [-0.15, -0.1) is 24.0 Å². The van der Waals surface area contributed by atoms with Gasteiger partial charge in [-0.3, -0.25) is 4.79 Å². The van der Waals surface area contributed by atoms with Crippen LogP contribution in [-0.2, 0) is 11.3 Å². The minimum atomic E-state index is 0. The van der Waals surface area contributed by atoms with Crippen LogP contribution in [0.3, 0.4) is 0 Å². The van der Waals surface area contributed by atoms with Crippen LogP contribution in [0.2, 0.25) is 0 Å². The molecule has 142 valence electrons. The van der Waals surface area contributed by atoms with E-state index in [-0.39, 0.29) is 36.4 Å². The lowest BCUT2D eigenvalue weighted by molar-refractivity contribution is -0.127. The van der Waals surface area contributed by atoms with E-state index in [9.17, 15) is 4.79 Å². The summed E-state index contributed by atoms with van der Waals surface area (Å²) in [7, 11) is 5.13. The van der Waals surface area contributed by atoms with Gasteiger partial charge in [0.2, 0.25) is 5.91 Å². The van der Waals surface area contributed by atoms with Crippen LogP contribution in [0.25, 0.3) is 0 Å². The third-order valence-corrected chi connectivity index (χ3v) is 3.97. The minimum absolute atomic E-state index is 0. The van der Waals surface area contributed by atoms with Gasteiger partial charge >= 0.3 is 0 Å². The van der Waals surface area contributed by atoms with Gasteiger partial charge in [-0.05, 0) is 24.8 Å². The van der Waals surface area contributed by atoms with Crippen molar-refractivity contribution >= 4 is 47.6 Å². The number of aliphatic imine (C=N–C) groups is 1. The molecule has 0 aliphatic rings. The molecule has 1 aromatic carbocycles. The Morgan fingerprint density at radius 2 is 2.04 bits per heavy atom. The molecule has 0 atom stereocenters. The molecule has 8 heteroatoms. The zero-order valence-electron chi connectivity index (χ0n) is 15.6. The molecule has 0 aromatic heterocycles. The van der Waals surface area contributed by atoms with Crippen LogP contribution in [0.15, 0.2) is 23.2 Å². The highest BCUT2D eigenvalue weighted by atomic mass is 127. The Kier molecular flexibility index (Phi) is 12.5. The van der Waals surface area contributed by atoms with Crippen LogP contribution in [0.4, 0.5) is 0 Å². The lowest BCUT2D eigenvalue weighted by Gasteiger charge is -2.15. The summed E-state index contributed by atoms with van der Waals surface area (Å²) < 4.78 is 5.41. The maximum Gasteiger partial charge on any atom is 0.241 e. The number of hydrogen-bond acceptors (Lipinski definition) is 4. The van der Waals surface area contributed by atoms with Crippen molar-refractivity contribution in [3.8, 4) is 5.75 Å². The number of carbonyl (C=O) groups excluding carboxylic acids is 1. The van der Waals surface area contributed by atoms with Gasteiger partial charge in [0, 0.05) is 32.0 Å². The maximum atomic E-state index is 11.7. The van der Waals surface area contributed by atoms with Crippen molar-refractivity contribution in [3.05, 3.63) is 29.3 Å². The van der Waals surface area contributed by atoms with E-state index < -0.39 is 0 Å². The molecule has 0 spiro atoms. The summed E-state index contributed by atoms with van der Waals surface area (Å²) in [5, 5.41) is 6.32. The van der Waals surface area contributed by atoms with E-state index in [0.717, 1.165) is 29.2 Å². The number of nitrogens with zero attached hydrogens (tertiary/aromatic N) is 2. The van der Waals surface area contributed by atoms with Gasteiger partial charge in [0.05, 0.1) is 20.2 Å². The van der Waals surface area contributed by atoms with E-state index in [1.54, 1.807) is 37.9 Å². The van der Waals surface area contributed by atoms with E-state index in [1.807, 2.05) is 25.1 Å². The van der Waals surface area contributed by atoms with Gasteiger partial charge in [0.1, 0.15) is 5.75 Å². The average molecular weight is 480 g/mol. The Hall–Kier alpha value is -1.16. The normalized spacial score (nSPS) is 10.7. The quantitative estimate of drug-likeness (QED) is 0.258. The van der Waals surface area contributed by atoms with Crippen LogP contribution in [0, 0.1) is 6.92 Å². The van der Waals surface area contributed by atoms with E-state index in [2.05, 4.69) is 21.9 Å². The molecule has 0 unspecified atom stereocenters. The van der Waals surface area contributed by atoms with Crippen LogP contribution in [-0.4, -0.2) is 63.1 Å². The second kappa shape index (κ2) is 13.1. The number of guanidine groups is 1. The summed E-state index contributed by atoms with van der Waals surface area (Å²) >= 11 is 1.75. The third-order valence-electron chi connectivity index (χ3n) is 3.35. The number of rotatable bonds is 8. The summed E-state index contributed by atoms with van der Waals surface area (Å²) in [4.78, 5) is 17.9. The maximum absolute atomic E-state index is 11.7. The number of methoxy groups -OCH3 is 1. The predicted octanol–water partition coefficient (Wildman–Crippen LogP) is 2.11. The molecular weight excluding hydrogens is 451 g/mol. The second-order valence-corrected chi connectivity index (χ2v) is 6.53. The highest BCUT2D eigenvalue weighted by Crippen LogP contribution is 2.20. The number of carbonyl (C=O) groups is 1. The van der Waals surface area contributed by atoms with E-state index in [1.165, 1.54) is 0 Å². The molecule has 0 aliphatic carbocycles. The SMILES string of the molecule is COc1cc(C)ccc1CN=C(NCCSC)NCC(=O)N(C)C.I. The number of aryl methyl sites for hydroxylation is 1. The van der Waals surface area contributed by atoms with Crippen LogP contribution >= 0.6 is 35.7 Å². The zero-order chi connectivity index (χ0) is 17.9. The number of halogens is 1. The predicted molar refractivity (Wildman–Crippen MR) is 117 cm³/mol. The molecule has 1 amide bonds. The Morgan fingerprint density at radius 3 is 2.64 bits per heavy atom. The summed E-state index contributed by atoms with van der Waals surface area (Å²) in [6.45, 7) is 3.50. The summed E-state index contributed by atoms with van der Waals surface area (Å²) in [5.41, 5.74) is 2.15. The van der Waals surface area contributed by atoms with Crippen molar-refractivity contribution in [3.63, 3.8) is 0 Å². The smallest absolute Gasteiger partial charge is 0.241 e. The fourth-order valence-corrected chi connectivity index (χ4v) is 2.22. The monoisotopic (exact) mass is 480 g/mol. The first kappa shape index (κ1) is 23.8. The number of nitrogens with one attached hydrogen (secondary N) is 2. The average Bonchev–Trinajstić information content (AvgIpc) is 2.57. The van der Waals surface area contributed by atoms with Crippen molar-refractivity contribution < 1.29 is 9.53 Å². The zero-order valence-corrected chi connectivity index (χ0v) is 18.7. The first-order valence-corrected chi connectivity index (χ1v) is 9.22. The van der Waals surface area contributed by atoms with E-state index in [0.29, 0.717) is 12.5 Å². The van der Waals surface area contributed by atoms with Crippen LogP contribution < -0.4 is 15.4 Å². The van der Waals surface area contributed by atoms with Crippen LogP contribution in [0.1, 0.15) is 11.1 Å². The van der Waals surface area contributed by atoms with Crippen molar-refractivity contribution in [1.29, 1.82) is 0 Å². The standard InChI is InChI=1S/C17H28N4O2S.HI/c1-13-6-7-14(15(10-13)23-4)11-19-17(18-8-9-24-5)20-12-16(22)21(2)3;/h6-7,10H,8-9,11-12H2,1-5H3,(H2,18,19,20);1H. The Balaban J connectivity index is 0.00000576. The highest BCUT2D eigenvalue weighted by Gasteiger charge is 2.07. The molecule has 1 rings (SSSR count). The lowest BCUT2D eigenvalue weighted by atomic mass is 10.1. The third kappa shape index (κ3) is 9.20. The van der Waals surface area contributed by atoms with E-state index >= 15 is 0 Å². The molecule has 0 saturated carbocycles. The molecule has 0 bridgehead atoms. The first-order valence-electron chi connectivity index (χ1n) is 7.82. The molecule has 6 nitrogen and oxygen atoms in total. The van der Waals surface area contributed by atoms with Gasteiger partial charge in [-0.2, -0.15) is 11.8 Å². The molecule has 2 N–H and O–H groups in total. The Bertz CT molecular complexity index is 568. The molecule has 0 heterocycles. The van der Waals surface area contributed by atoms with Crippen molar-refractivity contribution in [2.24, 2.45) is 4.99 Å². The Morgan fingerprint density at radius 1 is 1.32 bits per heavy atom. The number of hydrogen-bond donors (Lipinski definition) is 2. The van der Waals surface area contributed by atoms with Gasteiger partial charge in [0.15, 0.2) is 5.96 Å². The fraction of sp³-hybridized carbons (Fsp3) is 0.529. The topological polar surface area (TPSA) is 66.0 Å². The molecule has 25 heavy (non-hydrogen) atoms. The highest BCUT2D eigenvalue weighted by molar-refractivity contribution is 14.0. The molecule has 0 fully saturated rings. The van der Waals surface area contributed by atoms with E-state index in [4.69, 9.17) is 4.74 Å². The number of thioether (sulfide) groups is 1. The van der Waals surface area contributed by atoms with Crippen molar-refractivity contribution in [2.75, 3.05) is 46.3 Å². The molecular formula is C17H29IN4O2S. The summed E-state index contributed by atoms with van der Waals surface area (Å²) in [6.07, 6.45) is 2.05.